The first-order chi connectivity index (χ1) is 12.3. The van der Waals surface area contributed by atoms with E-state index in [9.17, 15) is 18.0 Å². The quantitative estimate of drug-likeness (QED) is 0.494. The molecule has 1 aromatic rings. The number of guanidine groups is 1. The van der Waals surface area contributed by atoms with Crippen LogP contribution in [0.3, 0.4) is 0 Å². The van der Waals surface area contributed by atoms with E-state index in [0.29, 0.717) is 25.7 Å². The van der Waals surface area contributed by atoms with Crippen molar-refractivity contribution in [3.05, 3.63) is 17.5 Å². The molecule has 0 aliphatic carbocycles. The van der Waals surface area contributed by atoms with Crippen LogP contribution in [0.15, 0.2) is 11.2 Å². The second-order valence-corrected chi connectivity index (χ2v) is 6.11. The van der Waals surface area contributed by atoms with E-state index >= 15 is 0 Å². The second-order valence-electron chi connectivity index (χ2n) is 6.11. The van der Waals surface area contributed by atoms with Crippen molar-refractivity contribution < 1.29 is 22.7 Å². The number of carbonyl (C=O) groups excluding carboxylic acids is 1. The first kappa shape index (κ1) is 20.1. The summed E-state index contributed by atoms with van der Waals surface area (Å²) in [6.45, 7) is 3.12. The van der Waals surface area contributed by atoms with E-state index in [1.165, 1.54) is 13.2 Å². The van der Waals surface area contributed by atoms with Crippen molar-refractivity contribution >= 4 is 11.9 Å². The maximum absolute atomic E-state index is 13.0. The summed E-state index contributed by atoms with van der Waals surface area (Å²) < 4.78 is 45.3. The molecule has 7 nitrogen and oxygen atoms in total. The Labute approximate surface area is 150 Å². The molecule has 1 unspecified atom stereocenters. The lowest BCUT2D eigenvalue weighted by molar-refractivity contribution is -0.149. The number of nitrogens with one attached hydrogen (secondary N) is 1. The summed E-state index contributed by atoms with van der Waals surface area (Å²) in [5, 5.41) is 6.43. The first-order valence-electron chi connectivity index (χ1n) is 8.48. The smallest absolute Gasteiger partial charge is 0.435 e. The van der Waals surface area contributed by atoms with E-state index in [4.69, 9.17) is 4.74 Å². The van der Waals surface area contributed by atoms with Gasteiger partial charge in [-0.05, 0) is 19.8 Å². The van der Waals surface area contributed by atoms with Crippen LogP contribution in [0.1, 0.15) is 31.0 Å². The second kappa shape index (κ2) is 8.41. The molecule has 0 aromatic carbocycles. The Morgan fingerprint density at radius 3 is 2.85 bits per heavy atom. The van der Waals surface area contributed by atoms with Gasteiger partial charge in [0, 0.05) is 45.5 Å². The number of aromatic nitrogens is 2. The van der Waals surface area contributed by atoms with E-state index in [1.54, 1.807) is 14.0 Å². The molecule has 0 saturated carbocycles. The van der Waals surface area contributed by atoms with Gasteiger partial charge in [-0.25, -0.2) is 0 Å². The number of esters is 1. The molecule has 1 aromatic heterocycles. The van der Waals surface area contributed by atoms with Crippen LogP contribution < -0.4 is 5.32 Å². The van der Waals surface area contributed by atoms with Gasteiger partial charge < -0.3 is 15.0 Å². The lowest BCUT2D eigenvalue weighted by Gasteiger charge is -2.33. The molecule has 10 heteroatoms. The molecule has 1 saturated heterocycles. The number of nitrogens with zero attached hydrogens (tertiary/aromatic N) is 4. The van der Waals surface area contributed by atoms with Crippen LogP contribution >= 0.6 is 0 Å². The Morgan fingerprint density at radius 1 is 1.50 bits per heavy atom. The van der Waals surface area contributed by atoms with E-state index in [1.807, 2.05) is 4.90 Å². The zero-order valence-electron chi connectivity index (χ0n) is 15.1. The Hall–Kier alpha value is -2.26. The maximum Gasteiger partial charge on any atom is 0.435 e. The SMILES string of the molecule is CCOC(=O)C1CCCN(C(=NC)NCc2cn(C)nc2C(F)(F)F)C1. The minimum Gasteiger partial charge on any atom is -0.466 e. The summed E-state index contributed by atoms with van der Waals surface area (Å²) >= 11 is 0. The third kappa shape index (κ3) is 4.89. The van der Waals surface area contributed by atoms with Gasteiger partial charge in [-0.2, -0.15) is 18.3 Å². The number of hydrogen-bond acceptors (Lipinski definition) is 4. The van der Waals surface area contributed by atoms with E-state index in [-0.39, 0.29) is 24.0 Å². The van der Waals surface area contributed by atoms with Crippen molar-refractivity contribution in [2.24, 2.45) is 18.0 Å². The summed E-state index contributed by atoms with van der Waals surface area (Å²) in [5.74, 6) is -0.0541. The molecule has 2 heterocycles. The highest BCUT2D eigenvalue weighted by Gasteiger charge is 2.37. The Bertz CT molecular complexity index is 657. The zero-order chi connectivity index (χ0) is 19.3. The lowest BCUT2D eigenvalue weighted by Crippen LogP contribution is -2.48. The Kier molecular flexibility index (Phi) is 6.49. The molecule has 0 bridgehead atoms. The van der Waals surface area contributed by atoms with Crippen LogP contribution in [0.5, 0.6) is 0 Å². The summed E-state index contributed by atoms with van der Waals surface area (Å²) in [6.07, 6.45) is -1.67. The molecule has 1 atom stereocenters. The molecule has 1 aliphatic rings. The van der Waals surface area contributed by atoms with Crippen LogP contribution in [0.25, 0.3) is 0 Å². The normalized spacial score (nSPS) is 18.8. The van der Waals surface area contributed by atoms with Crippen molar-refractivity contribution in [1.29, 1.82) is 0 Å². The molecule has 1 fully saturated rings. The number of piperidine rings is 1. The number of carbonyl (C=O) groups is 1. The minimum atomic E-state index is -4.51. The van der Waals surface area contributed by atoms with Gasteiger partial charge in [0.1, 0.15) is 0 Å². The molecular formula is C16H24F3N5O2. The third-order valence-corrected chi connectivity index (χ3v) is 4.16. The fourth-order valence-corrected chi connectivity index (χ4v) is 3.03. The summed E-state index contributed by atoms with van der Waals surface area (Å²) in [5.41, 5.74) is -0.869. The summed E-state index contributed by atoms with van der Waals surface area (Å²) in [7, 11) is 3.01. The summed E-state index contributed by atoms with van der Waals surface area (Å²) in [4.78, 5) is 18.0. The van der Waals surface area contributed by atoms with Gasteiger partial charge in [0.05, 0.1) is 12.5 Å². The Morgan fingerprint density at radius 2 is 2.23 bits per heavy atom. The number of hydrogen-bond donors (Lipinski definition) is 1. The van der Waals surface area contributed by atoms with Gasteiger partial charge in [-0.3, -0.25) is 14.5 Å². The topological polar surface area (TPSA) is 71.8 Å². The van der Waals surface area contributed by atoms with Crippen molar-refractivity contribution in [3.8, 4) is 0 Å². The van der Waals surface area contributed by atoms with Gasteiger partial charge in [0.2, 0.25) is 0 Å². The van der Waals surface area contributed by atoms with E-state index in [0.717, 1.165) is 17.5 Å². The van der Waals surface area contributed by atoms with Gasteiger partial charge in [-0.1, -0.05) is 0 Å². The van der Waals surface area contributed by atoms with Gasteiger partial charge in [0.15, 0.2) is 11.7 Å². The maximum atomic E-state index is 13.0. The van der Waals surface area contributed by atoms with E-state index < -0.39 is 11.9 Å². The zero-order valence-corrected chi connectivity index (χ0v) is 15.1. The first-order valence-corrected chi connectivity index (χ1v) is 8.48. The van der Waals surface area contributed by atoms with Crippen LogP contribution in [0.2, 0.25) is 0 Å². The highest BCUT2D eigenvalue weighted by Crippen LogP contribution is 2.30. The fraction of sp³-hybridized carbons (Fsp3) is 0.688. The van der Waals surface area contributed by atoms with Crippen LogP contribution in [0, 0.1) is 5.92 Å². The van der Waals surface area contributed by atoms with Crippen LogP contribution in [0.4, 0.5) is 13.2 Å². The summed E-state index contributed by atoms with van der Waals surface area (Å²) in [6, 6.07) is 0. The average molecular weight is 375 g/mol. The lowest BCUT2D eigenvalue weighted by atomic mass is 9.98. The number of rotatable bonds is 4. The number of likely N-dealkylation sites (tertiary alicyclic amines) is 1. The molecule has 0 radical (unpaired) electrons. The van der Waals surface area contributed by atoms with Gasteiger partial charge in [-0.15, -0.1) is 0 Å². The highest BCUT2D eigenvalue weighted by atomic mass is 19.4. The molecule has 146 valence electrons. The highest BCUT2D eigenvalue weighted by molar-refractivity contribution is 5.81. The van der Waals surface area contributed by atoms with Crippen molar-refractivity contribution in [3.63, 3.8) is 0 Å². The van der Waals surface area contributed by atoms with Crippen LogP contribution in [-0.4, -0.2) is 53.4 Å². The fourth-order valence-electron chi connectivity index (χ4n) is 3.03. The molecule has 0 amide bonds. The number of aliphatic imine (C=N–C) groups is 1. The minimum absolute atomic E-state index is 0.0418. The molecule has 0 spiro atoms. The van der Waals surface area contributed by atoms with Gasteiger partial charge in [0.25, 0.3) is 0 Å². The number of ether oxygens (including phenoxy) is 1. The van der Waals surface area contributed by atoms with Crippen molar-refractivity contribution in [2.45, 2.75) is 32.5 Å². The Balaban J connectivity index is 2.03. The largest absolute Gasteiger partial charge is 0.466 e. The standard InChI is InChI=1S/C16H24F3N5O2/c1-4-26-14(25)11-6-5-7-24(10-11)15(20-2)21-8-12-9-23(3)22-13(12)16(17,18)19/h9,11H,4-8,10H2,1-3H3,(H,20,21). The molecule has 1 aliphatic heterocycles. The predicted octanol–water partition coefficient (Wildman–Crippen LogP) is 1.79. The molecule has 2 rings (SSSR count). The monoisotopic (exact) mass is 375 g/mol. The molecular weight excluding hydrogens is 351 g/mol. The number of halogens is 3. The number of alkyl halides is 3. The molecule has 1 N–H and O–H groups in total. The van der Waals surface area contributed by atoms with E-state index in [2.05, 4.69) is 15.4 Å². The van der Waals surface area contributed by atoms with Gasteiger partial charge >= 0.3 is 12.1 Å². The number of aryl methyl sites for hydroxylation is 1. The average Bonchev–Trinajstić information content (AvgIpc) is 2.97. The predicted molar refractivity (Wildman–Crippen MR) is 89.3 cm³/mol. The van der Waals surface area contributed by atoms with Crippen molar-refractivity contribution in [1.82, 2.24) is 20.0 Å². The molecule has 26 heavy (non-hydrogen) atoms. The van der Waals surface area contributed by atoms with Crippen molar-refractivity contribution in [2.75, 3.05) is 26.7 Å². The van der Waals surface area contributed by atoms with Crippen LogP contribution in [-0.2, 0) is 29.3 Å². The third-order valence-electron chi connectivity index (χ3n) is 4.16.